The molecule has 0 aromatic heterocycles. The maximum atomic E-state index is 13.4. The lowest BCUT2D eigenvalue weighted by Gasteiger charge is -2.32. The summed E-state index contributed by atoms with van der Waals surface area (Å²) in [5.74, 6) is -1.30. The SMILES string of the molecule is C[C@@H](C(=O)NC1CCCC1)N(Cc1ccccc1)C(=O)CN(c1ccc(F)cc1)S(C)(=O)=O. The number of benzene rings is 2. The number of anilines is 1. The number of amides is 2. The smallest absolute Gasteiger partial charge is 0.244 e. The average Bonchev–Trinajstić information content (AvgIpc) is 3.29. The highest BCUT2D eigenvalue weighted by Gasteiger charge is 2.31. The summed E-state index contributed by atoms with van der Waals surface area (Å²) in [4.78, 5) is 27.7. The van der Waals surface area contributed by atoms with Crippen molar-refractivity contribution in [1.82, 2.24) is 10.2 Å². The van der Waals surface area contributed by atoms with E-state index in [-0.39, 0.29) is 24.2 Å². The van der Waals surface area contributed by atoms with Crippen LogP contribution in [0.1, 0.15) is 38.2 Å². The van der Waals surface area contributed by atoms with Gasteiger partial charge in [-0.1, -0.05) is 43.2 Å². The molecule has 178 valence electrons. The first-order valence-electron chi connectivity index (χ1n) is 11.0. The molecule has 0 saturated heterocycles. The van der Waals surface area contributed by atoms with Crippen molar-refractivity contribution in [2.24, 2.45) is 0 Å². The molecule has 7 nitrogen and oxygen atoms in total. The van der Waals surface area contributed by atoms with Crippen molar-refractivity contribution < 1.29 is 22.4 Å². The molecule has 2 amide bonds. The van der Waals surface area contributed by atoms with E-state index in [1.807, 2.05) is 30.3 Å². The molecule has 0 unspecified atom stereocenters. The Morgan fingerprint density at radius 3 is 2.24 bits per heavy atom. The summed E-state index contributed by atoms with van der Waals surface area (Å²) in [6.45, 7) is 1.30. The summed E-state index contributed by atoms with van der Waals surface area (Å²) in [5, 5.41) is 3.01. The molecule has 1 N–H and O–H groups in total. The van der Waals surface area contributed by atoms with Gasteiger partial charge in [0.05, 0.1) is 11.9 Å². The van der Waals surface area contributed by atoms with Crippen LogP contribution < -0.4 is 9.62 Å². The third-order valence-electron chi connectivity index (χ3n) is 5.86. The Kier molecular flexibility index (Phi) is 8.07. The van der Waals surface area contributed by atoms with Crippen LogP contribution in [0.3, 0.4) is 0 Å². The van der Waals surface area contributed by atoms with Crippen LogP contribution in [-0.4, -0.2) is 50.0 Å². The summed E-state index contributed by atoms with van der Waals surface area (Å²) in [6, 6.07) is 13.4. The van der Waals surface area contributed by atoms with Crippen LogP contribution in [0.2, 0.25) is 0 Å². The molecule has 0 heterocycles. The number of carbonyl (C=O) groups is 2. The van der Waals surface area contributed by atoms with Gasteiger partial charge in [0.25, 0.3) is 0 Å². The molecule has 3 rings (SSSR count). The highest BCUT2D eigenvalue weighted by molar-refractivity contribution is 7.92. The Morgan fingerprint density at radius 2 is 1.67 bits per heavy atom. The van der Waals surface area contributed by atoms with E-state index in [1.54, 1.807) is 6.92 Å². The van der Waals surface area contributed by atoms with Gasteiger partial charge in [-0.25, -0.2) is 12.8 Å². The lowest BCUT2D eigenvalue weighted by Crippen LogP contribution is -2.52. The number of carbonyl (C=O) groups excluding carboxylic acids is 2. The lowest BCUT2D eigenvalue weighted by atomic mass is 10.1. The molecule has 33 heavy (non-hydrogen) atoms. The second-order valence-electron chi connectivity index (χ2n) is 8.42. The van der Waals surface area contributed by atoms with E-state index in [2.05, 4.69) is 5.32 Å². The highest BCUT2D eigenvalue weighted by atomic mass is 32.2. The summed E-state index contributed by atoms with van der Waals surface area (Å²) < 4.78 is 39.2. The van der Waals surface area contributed by atoms with Crippen molar-refractivity contribution >= 4 is 27.5 Å². The van der Waals surface area contributed by atoms with Crippen molar-refractivity contribution in [1.29, 1.82) is 0 Å². The van der Waals surface area contributed by atoms with Crippen LogP contribution in [0.4, 0.5) is 10.1 Å². The summed E-state index contributed by atoms with van der Waals surface area (Å²) in [5.41, 5.74) is 0.994. The Labute approximate surface area is 194 Å². The quantitative estimate of drug-likeness (QED) is 0.604. The third kappa shape index (κ3) is 6.77. The maximum Gasteiger partial charge on any atom is 0.244 e. The summed E-state index contributed by atoms with van der Waals surface area (Å²) >= 11 is 0. The van der Waals surface area contributed by atoms with Crippen LogP contribution in [0, 0.1) is 5.82 Å². The van der Waals surface area contributed by atoms with Crippen LogP contribution in [0.25, 0.3) is 0 Å². The van der Waals surface area contributed by atoms with E-state index in [4.69, 9.17) is 0 Å². The van der Waals surface area contributed by atoms with Crippen molar-refractivity contribution in [3.8, 4) is 0 Å². The van der Waals surface area contributed by atoms with Crippen molar-refractivity contribution in [2.75, 3.05) is 17.1 Å². The average molecular weight is 476 g/mol. The van der Waals surface area contributed by atoms with Crippen LogP contribution >= 0.6 is 0 Å². The number of nitrogens with zero attached hydrogens (tertiary/aromatic N) is 2. The molecule has 2 aromatic carbocycles. The molecule has 0 radical (unpaired) electrons. The van der Waals surface area contributed by atoms with Gasteiger partial charge in [0.15, 0.2) is 0 Å². The van der Waals surface area contributed by atoms with E-state index in [0.29, 0.717) is 0 Å². The fraction of sp³-hybridized carbons (Fsp3) is 0.417. The molecular weight excluding hydrogens is 445 g/mol. The van der Waals surface area contributed by atoms with E-state index in [1.165, 1.54) is 17.0 Å². The molecule has 9 heteroatoms. The van der Waals surface area contributed by atoms with Gasteiger partial charge in [0, 0.05) is 12.6 Å². The first-order chi connectivity index (χ1) is 15.6. The van der Waals surface area contributed by atoms with Crippen LogP contribution in [0.15, 0.2) is 54.6 Å². The summed E-state index contributed by atoms with van der Waals surface area (Å²) in [6.07, 6.45) is 4.94. The van der Waals surface area contributed by atoms with E-state index < -0.39 is 34.3 Å². The maximum absolute atomic E-state index is 13.4. The van der Waals surface area contributed by atoms with E-state index >= 15 is 0 Å². The van der Waals surface area contributed by atoms with Gasteiger partial charge in [-0.15, -0.1) is 0 Å². The Bertz CT molecular complexity index is 1050. The predicted octanol–water partition coefficient (Wildman–Crippen LogP) is 3.07. The minimum Gasteiger partial charge on any atom is -0.352 e. The number of halogens is 1. The lowest BCUT2D eigenvalue weighted by molar-refractivity contribution is -0.139. The molecule has 2 aromatic rings. The topological polar surface area (TPSA) is 86.8 Å². The Balaban J connectivity index is 1.84. The van der Waals surface area contributed by atoms with Gasteiger partial charge >= 0.3 is 0 Å². The Hall–Kier alpha value is -2.94. The normalized spacial score (nSPS) is 15.1. The molecule has 1 aliphatic rings. The molecule has 1 atom stereocenters. The zero-order valence-electron chi connectivity index (χ0n) is 18.9. The molecular formula is C24H30FN3O4S. The van der Waals surface area contributed by atoms with Crippen LogP contribution in [0.5, 0.6) is 0 Å². The molecule has 0 bridgehead atoms. The number of nitrogens with one attached hydrogen (secondary N) is 1. The van der Waals surface area contributed by atoms with Gasteiger partial charge in [0.1, 0.15) is 18.4 Å². The van der Waals surface area contributed by atoms with Gasteiger partial charge in [-0.3, -0.25) is 13.9 Å². The molecule has 1 fully saturated rings. The molecule has 1 saturated carbocycles. The third-order valence-corrected chi connectivity index (χ3v) is 7.00. The van der Waals surface area contributed by atoms with Gasteiger partial charge in [0.2, 0.25) is 21.8 Å². The van der Waals surface area contributed by atoms with E-state index in [0.717, 1.165) is 53.9 Å². The minimum absolute atomic E-state index is 0.0976. The van der Waals surface area contributed by atoms with Crippen LogP contribution in [-0.2, 0) is 26.2 Å². The number of sulfonamides is 1. The van der Waals surface area contributed by atoms with E-state index in [9.17, 15) is 22.4 Å². The molecule has 0 aliphatic heterocycles. The summed E-state index contributed by atoms with van der Waals surface area (Å²) in [7, 11) is -3.83. The monoisotopic (exact) mass is 475 g/mol. The fourth-order valence-corrected chi connectivity index (χ4v) is 4.83. The highest BCUT2D eigenvalue weighted by Crippen LogP contribution is 2.21. The van der Waals surface area contributed by atoms with Crippen molar-refractivity contribution in [3.63, 3.8) is 0 Å². The fourth-order valence-electron chi connectivity index (χ4n) is 3.98. The second-order valence-corrected chi connectivity index (χ2v) is 10.3. The molecule has 1 aliphatic carbocycles. The predicted molar refractivity (Wildman–Crippen MR) is 125 cm³/mol. The number of hydrogen-bond donors (Lipinski definition) is 1. The van der Waals surface area contributed by atoms with Crippen molar-refractivity contribution in [2.45, 2.75) is 51.2 Å². The van der Waals surface area contributed by atoms with Gasteiger partial charge < -0.3 is 10.2 Å². The number of rotatable bonds is 9. The number of hydrogen-bond acceptors (Lipinski definition) is 4. The second kappa shape index (κ2) is 10.8. The molecule has 0 spiro atoms. The largest absolute Gasteiger partial charge is 0.352 e. The van der Waals surface area contributed by atoms with Crippen molar-refractivity contribution in [3.05, 3.63) is 66.0 Å². The van der Waals surface area contributed by atoms with Gasteiger partial charge in [-0.05, 0) is 49.6 Å². The minimum atomic E-state index is -3.83. The zero-order valence-corrected chi connectivity index (χ0v) is 19.7. The standard InChI is InChI=1S/C24H30FN3O4S/c1-18(24(30)26-21-10-6-7-11-21)27(16-19-8-4-3-5-9-19)23(29)17-28(33(2,31)32)22-14-12-20(25)13-15-22/h3-5,8-9,12-15,18,21H,6-7,10-11,16-17H2,1-2H3,(H,26,30)/t18-/m0/s1. The Morgan fingerprint density at radius 1 is 1.06 bits per heavy atom. The first kappa shape index (κ1) is 24.7. The van der Waals surface area contributed by atoms with Gasteiger partial charge in [-0.2, -0.15) is 0 Å². The zero-order chi connectivity index (χ0) is 24.0. The first-order valence-corrected chi connectivity index (χ1v) is 12.9.